The molecule has 2 unspecified atom stereocenters. The molecule has 0 radical (unpaired) electrons. The molecule has 3 nitrogen and oxygen atoms in total. The number of carbonyl (C=O) groups excluding carboxylic acids is 1. The van der Waals surface area contributed by atoms with Crippen LogP contribution in [0.15, 0.2) is 24.3 Å². The van der Waals surface area contributed by atoms with Gasteiger partial charge >= 0.3 is 6.18 Å². The third-order valence-corrected chi connectivity index (χ3v) is 3.66. The van der Waals surface area contributed by atoms with E-state index in [1.807, 2.05) is 0 Å². The van der Waals surface area contributed by atoms with Crippen molar-refractivity contribution >= 4 is 5.91 Å². The molecule has 1 aromatic rings. The molecule has 1 fully saturated rings. The molecule has 110 valence electrons. The van der Waals surface area contributed by atoms with E-state index in [-0.39, 0.29) is 11.5 Å². The SMILES string of the molecule is CC(O)C1CCN(C(=O)c2ccccc2C(F)(F)F)C1. The number of hydrogen-bond donors (Lipinski definition) is 1. The largest absolute Gasteiger partial charge is 0.417 e. The van der Waals surface area contributed by atoms with Crippen LogP contribution in [0.5, 0.6) is 0 Å². The summed E-state index contributed by atoms with van der Waals surface area (Å²) in [5, 5.41) is 9.49. The van der Waals surface area contributed by atoms with Crippen molar-refractivity contribution in [3.8, 4) is 0 Å². The van der Waals surface area contributed by atoms with E-state index in [0.29, 0.717) is 19.5 Å². The number of halogens is 3. The van der Waals surface area contributed by atoms with Crippen LogP contribution in [-0.4, -0.2) is 35.1 Å². The fraction of sp³-hybridized carbons (Fsp3) is 0.500. The van der Waals surface area contributed by atoms with Gasteiger partial charge in [0.05, 0.1) is 17.2 Å². The third kappa shape index (κ3) is 2.95. The number of likely N-dealkylation sites (tertiary alicyclic amines) is 1. The number of benzene rings is 1. The number of rotatable bonds is 2. The molecule has 2 atom stereocenters. The van der Waals surface area contributed by atoms with E-state index in [1.165, 1.54) is 23.1 Å². The molecule has 20 heavy (non-hydrogen) atoms. The van der Waals surface area contributed by atoms with Gasteiger partial charge in [0.15, 0.2) is 0 Å². The standard InChI is InChI=1S/C14H16F3NO2/c1-9(19)10-6-7-18(8-10)13(20)11-4-2-3-5-12(11)14(15,16)17/h2-5,9-10,19H,6-8H2,1H3. The molecule has 1 N–H and O–H groups in total. The summed E-state index contributed by atoms with van der Waals surface area (Å²) in [6.07, 6.45) is -4.50. The van der Waals surface area contributed by atoms with Crippen LogP contribution in [0.2, 0.25) is 0 Å². The minimum absolute atomic E-state index is 0.0722. The Balaban J connectivity index is 2.23. The van der Waals surface area contributed by atoms with Gasteiger partial charge in [0.2, 0.25) is 0 Å². The molecule has 0 bridgehead atoms. The van der Waals surface area contributed by atoms with E-state index in [0.717, 1.165) is 6.07 Å². The number of aliphatic hydroxyl groups excluding tert-OH is 1. The first-order valence-electron chi connectivity index (χ1n) is 6.44. The summed E-state index contributed by atoms with van der Waals surface area (Å²) in [7, 11) is 0. The zero-order valence-electron chi connectivity index (χ0n) is 11.0. The van der Waals surface area contributed by atoms with Crippen LogP contribution in [0.25, 0.3) is 0 Å². The van der Waals surface area contributed by atoms with Crippen LogP contribution in [0, 0.1) is 5.92 Å². The Bertz CT molecular complexity index is 499. The lowest BCUT2D eigenvalue weighted by Crippen LogP contribution is -2.31. The molecule has 0 saturated carbocycles. The van der Waals surface area contributed by atoms with Crippen molar-refractivity contribution in [1.29, 1.82) is 0 Å². The van der Waals surface area contributed by atoms with Gasteiger partial charge in [-0.2, -0.15) is 13.2 Å². The van der Waals surface area contributed by atoms with Gasteiger partial charge in [-0.3, -0.25) is 4.79 Å². The lowest BCUT2D eigenvalue weighted by Gasteiger charge is -2.20. The van der Waals surface area contributed by atoms with Crippen molar-refractivity contribution in [2.45, 2.75) is 25.6 Å². The number of amides is 1. The van der Waals surface area contributed by atoms with Crippen LogP contribution in [-0.2, 0) is 6.18 Å². The van der Waals surface area contributed by atoms with Gasteiger partial charge in [-0.05, 0) is 25.5 Å². The lowest BCUT2D eigenvalue weighted by atomic mass is 10.0. The topological polar surface area (TPSA) is 40.5 Å². The average Bonchev–Trinajstić information content (AvgIpc) is 2.86. The second-order valence-electron chi connectivity index (χ2n) is 5.08. The van der Waals surface area contributed by atoms with Gasteiger partial charge in [0, 0.05) is 19.0 Å². The van der Waals surface area contributed by atoms with Gasteiger partial charge in [-0.1, -0.05) is 12.1 Å². The molecule has 6 heteroatoms. The monoisotopic (exact) mass is 287 g/mol. The molecule has 1 amide bonds. The summed E-state index contributed by atoms with van der Waals surface area (Å²) in [5.74, 6) is -0.696. The van der Waals surface area contributed by atoms with E-state index in [4.69, 9.17) is 0 Å². The maximum Gasteiger partial charge on any atom is 0.417 e. The predicted octanol–water partition coefficient (Wildman–Crippen LogP) is 2.55. The third-order valence-electron chi connectivity index (χ3n) is 3.66. The van der Waals surface area contributed by atoms with E-state index in [9.17, 15) is 23.1 Å². The van der Waals surface area contributed by atoms with Crippen molar-refractivity contribution in [3.63, 3.8) is 0 Å². The number of nitrogens with zero attached hydrogens (tertiary/aromatic N) is 1. The van der Waals surface area contributed by atoms with Gasteiger partial charge in [-0.25, -0.2) is 0 Å². The first-order valence-corrected chi connectivity index (χ1v) is 6.44. The molecule has 1 heterocycles. The van der Waals surface area contributed by atoms with Gasteiger partial charge < -0.3 is 10.0 Å². The minimum atomic E-state index is -4.55. The zero-order chi connectivity index (χ0) is 14.9. The summed E-state index contributed by atoms with van der Waals surface area (Å²) in [4.78, 5) is 13.6. The van der Waals surface area contributed by atoms with Gasteiger partial charge in [0.25, 0.3) is 5.91 Å². The quantitative estimate of drug-likeness (QED) is 0.908. The maximum atomic E-state index is 12.9. The number of carbonyl (C=O) groups is 1. The molecular weight excluding hydrogens is 271 g/mol. The highest BCUT2D eigenvalue weighted by Gasteiger charge is 2.37. The van der Waals surface area contributed by atoms with Crippen molar-refractivity contribution in [3.05, 3.63) is 35.4 Å². The highest BCUT2D eigenvalue weighted by Crippen LogP contribution is 2.33. The Morgan fingerprint density at radius 2 is 2.05 bits per heavy atom. The highest BCUT2D eigenvalue weighted by atomic mass is 19.4. The fourth-order valence-corrected chi connectivity index (χ4v) is 2.45. The highest BCUT2D eigenvalue weighted by molar-refractivity contribution is 5.96. The number of hydrogen-bond acceptors (Lipinski definition) is 2. The van der Waals surface area contributed by atoms with Crippen LogP contribution in [0.1, 0.15) is 29.3 Å². The second-order valence-corrected chi connectivity index (χ2v) is 5.08. The Morgan fingerprint density at radius 1 is 1.40 bits per heavy atom. The molecule has 1 aromatic carbocycles. The Kier molecular flexibility index (Phi) is 4.04. The number of aliphatic hydroxyl groups is 1. The van der Waals surface area contributed by atoms with Crippen LogP contribution >= 0.6 is 0 Å². The lowest BCUT2D eigenvalue weighted by molar-refractivity contribution is -0.138. The second kappa shape index (κ2) is 5.44. The molecule has 1 saturated heterocycles. The summed E-state index contributed by atoms with van der Waals surface area (Å²) in [5.41, 5.74) is -1.24. The van der Waals surface area contributed by atoms with E-state index in [1.54, 1.807) is 6.92 Å². The Morgan fingerprint density at radius 3 is 2.60 bits per heavy atom. The molecule has 1 aliphatic rings. The number of alkyl halides is 3. The van der Waals surface area contributed by atoms with E-state index < -0.39 is 23.8 Å². The van der Waals surface area contributed by atoms with Crippen LogP contribution in [0.4, 0.5) is 13.2 Å². The first-order chi connectivity index (χ1) is 9.30. The van der Waals surface area contributed by atoms with Crippen molar-refractivity contribution in [2.75, 3.05) is 13.1 Å². The fourth-order valence-electron chi connectivity index (χ4n) is 2.45. The van der Waals surface area contributed by atoms with Crippen LogP contribution < -0.4 is 0 Å². The maximum absolute atomic E-state index is 12.9. The predicted molar refractivity (Wildman–Crippen MR) is 67.1 cm³/mol. The average molecular weight is 287 g/mol. The van der Waals surface area contributed by atoms with E-state index in [2.05, 4.69) is 0 Å². The molecule has 2 rings (SSSR count). The zero-order valence-corrected chi connectivity index (χ0v) is 11.0. The summed E-state index contributed by atoms with van der Waals surface area (Å²) < 4.78 is 38.7. The first kappa shape index (κ1) is 14.8. The van der Waals surface area contributed by atoms with Gasteiger partial charge in [-0.15, -0.1) is 0 Å². The molecular formula is C14H16F3NO2. The smallest absolute Gasteiger partial charge is 0.393 e. The van der Waals surface area contributed by atoms with Crippen molar-refractivity contribution in [1.82, 2.24) is 4.90 Å². The van der Waals surface area contributed by atoms with Crippen LogP contribution in [0.3, 0.4) is 0 Å². The summed E-state index contributed by atoms with van der Waals surface area (Å²) in [6, 6.07) is 4.79. The normalized spacial score (nSPS) is 21.1. The molecule has 0 spiro atoms. The minimum Gasteiger partial charge on any atom is -0.393 e. The van der Waals surface area contributed by atoms with E-state index >= 15 is 0 Å². The Hall–Kier alpha value is -1.56. The molecule has 0 aliphatic carbocycles. The summed E-state index contributed by atoms with van der Waals surface area (Å²) in [6.45, 7) is 2.30. The summed E-state index contributed by atoms with van der Waals surface area (Å²) >= 11 is 0. The van der Waals surface area contributed by atoms with Crippen molar-refractivity contribution < 1.29 is 23.1 Å². The van der Waals surface area contributed by atoms with Crippen molar-refractivity contribution in [2.24, 2.45) is 5.92 Å². The Labute approximate surface area is 115 Å². The molecule has 0 aromatic heterocycles. The van der Waals surface area contributed by atoms with Gasteiger partial charge in [0.1, 0.15) is 0 Å². The molecule has 1 aliphatic heterocycles.